The zero-order chi connectivity index (χ0) is 14.9. The Labute approximate surface area is 120 Å². The molecule has 1 aromatic carbocycles. The highest BCUT2D eigenvalue weighted by Gasteiger charge is 2.30. The molecule has 1 aromatic rings. The van der Waals surface area contributed by atoms with Crippen molar-refractivity contribution in [3.63, 3.8) is 0 Å². The van der Waals surface area contributed by atoms with E-state index in [1.54, 1.807) is 18.2 Å². The van der Waals surface area contributed by atoms with Crippen LogP contribution in [0.2, 0.25) is 0 Å². The number of carbonyl (C=O) groups excluding carboxylic acids is 2. The lowest BCUT2D eigenvalue weighted by Crippen LogP contribution is -2.30. The molecule has 0 unspecified atom stereocenters. The average molecular weight is 293 g/mol. The second kappa shape index (κ2) is 5.54. The molecule has 2 rings (SSSR count). The Bertz CT molecular complexity index is 570. The molecule has 3 N–H and O–H groups in total. The molecule has 0 radical (unpaired) electrons. The molecule has 1 aliphatic heterocycles. The quantitative estimate of drug-likeness (QED) is 0.893. The van der Waals surface area contributed by atoms with Crippen molar-refractivity contribution in [2.45, 2.75) is 19.8 Å². The van der Waals surface area contributed by atoms with Gasteiger partial charge >= 0.3 is 6.09 Å². The van der Waals surface area contributed by atoms with Gasteiger partial charge in [-0.2, -0.15) is 0 Å². The van der Waals surface area contributed by atoms with Crippen molar-refractivity contribution < 1.29 is 14.3 Å². The first-order chi connectivity index (χ1) is 9.40. The molecule has 106 valence electrons. The molecule has 1 aliphatic rings. The van der Waals surface area contributed by atoms with E-state index in [4.69, 9.17) is 15.9 Å². The fourth-order valence-corrected chi connectivity index (χ4v) is 2.72. The number of thioether (sulfide) groups is 1. The summed E-state index contributed by atoms with van der Waals surface area (Å²) in [7, 11) is 0. The number of nitrogens with two attached hydrogens (primary N) is 1. The van der Waals surface area contributed by atoms with Gasteiger partial charge in [0, 0.05) is 6.07 Å². The van der Waals surface area contributed by atoms with Crippen LogP contribution in [0.1, 0.15) is 25.3 Å². The molecule has 0 aliphatic carbocycles. The number of primary amides is 1. The second-order valence-corrected chi connectivity index (χ2v) is 5.58. The van der Waals surface area contributed by atoms with Crippen LogP contribution < -0.4 is 15.4 Å². The largest absolute Gasteiger partial charge is 0.410 e. The van der Waals surface area contributed by atoms with Gasteiger partial charge in [-0.1, -0.05) is 31.7 Å². The number of carbonyl (C=O) groups is 2. The monoisotopic (exact) mass is 293 g/mol. The summed E-state index contributed by atoms with van der Waals surface area (Å²) in [5.74, 6) is 0.517. The van der Waals surface area contributed by atoms with Gasteiger partial charge in [0.15, 0.2) is 5.17 Å². The van der Waals surface area contributed by atoms with Crippen LogP contribution in [0.3, 0.4) is 0 Å². The Morgan fingerprint density at radius 2 is 2.20 bits per heavy atom. The van der Waals surface area contributed by atoms with Gasteiger partial charge in [-0.05, 0) is 17.5 Å². The minimum absolute atomic E-state index is 0.155. The van der Waals surface area contributed by atoms with E-state index in [2.05, 4.69) is 0 Å². The Kier molecular flexibility index (Phi) is 3.99. The highest BCUT2D eigenvalue weighted by atomic mass is 32.2. The van der Waals surface area contributed by atoms with Gasteiger partial charge in [0.1, 0.15) is 5.75 Å². The highest BCUT2D eigenvalue weighted by Crippen LogP contribution is 2.35. The van der Waals surface area contributed by atoms with Crippen LogP contribution in [-0.4, -0.2) is 22.9 Å². The van der Waals surface area contributed by atoms with Crippen LogP contribution in [0.15, 0.2) is 18.2 Å². The molecule has 0 bridgehead atoms. The normalized spacial score (nSPS) is 15.1. The number of ether oxygens (including phenoxy) is 1. The van der Waals surface area contributed by atoms with Gasteiger partial charge in [0.25, 0.3) is 0 Å². The summed E-state index contributed by atoms with van der Waals surface area (Å²) in [4.78, 5) is 24.1. The summed E-state index contributed by atoms with van der Waals surface area (Å²) in [6, 6.07) is 4.97. The number of amidine groups is 1. The van der Waals surface area contributed by atoms with Crippen molar-refractivity contribution in [1.82, 2.24) is 0 Å². The molecule has 1 saturated heterocycles. The summed E-state index contributed by atoms with van der Waals surface area (Å²) in [6.07, 6.45) is -0.912. The third-order valence-electron chi connectivity index (χ3n) is 2.87. The summed E-state index contributed by atoms with van der Waals surface area (Å²) >= 11 is 1.18. The number of hydrogen-bond acceptors (Lipinski definition) is 5. The number of benzene rings is 1. The fourth-order valence-electron chi connectivity index (χ4n) is 2.00. The van der Waals surface area contributed by atoms with Crippen molar-refractivity contribution in [1.29, 1.82) is 5.41 Å². The molecule has 6 nitrogen and oxygen atoms in total. The van der Waals surface area contributed by atoms with Crippen molar-refractivity contribution in [3.8, 4) is 5.75 Å². The molecule has 1 fully saturated rings. The molecule has 20 heavy (non-hydrogen) atoms. The number of anilines is 1. The van der Waals surface area contributed by atoms with E-state index in [-0.39, 0.29) is 28.5 Å². The molecular formula is C13H15N3O3S. The standard InChI is InChI=1S/C13H15N3O3S/c1-7(2)9-4-3-8(19-13(15)18)5-10(9)16-11(17)6-20-12(16)14/h3-5,7,14H,6H2,1-2H3,(H2,15,18). The lowest BCUT2D eigenvalue weighted by molar-refractivity contribution is -0.115. The van der Waals surface area contributed by atoms with E-state index < -0.39 is 6.09 Å². The third-order valence-corrected chi connectivity index (χ3v) is 3.72. The second-order valence-electron chi connectivity index (χ2n) is 4.62. The Morgan fingerprint density at radius 1 is 1.50 bits per heavy atom. The Morgan fingerprint density at radius 3 is 2.70 bits per heavy atom. The Hall–Kier alpha value is -2.02. The first-order valence-electron chi connectivity index (χ1n) is 6.05. The molecule has 0 saturated carbocycles. The average Bonchev–Trinajstić information content (AvgIpc) is 2.67. The number of amides is 2. The van der Waals surface area contributed by atoms with Crippen LogP contribution in [0.4, 0.5) is 10.5 Å². The molecule has 0 aromatic heterocycles. The van der Waals surface area contributed by atoms with Crippen LogP contribution in [-0.2, 0) is 4.79 Å². The minimum Gasteiger partial charge on any atom is -0.410 e. The molecular weight excluding hydrogens is 278 g/mol. The topological polar surface area (TPSA) is 96.5 Å². The van der Waals surface area contributed by atoms with Crippen molar-refractivity contribution in [2.24, 2.45) is 5.73 Å². The van der Waals surface area contributed by atoms with Gasteiger partial charge in [0.05, 0.1) is 11.4 Å². The zero-order valence-electron chi connectivity index (χ0n) is 11.2. The zero-order valence-corrected chi connectivity index (χ0v) is 12.0. The third kappa shape index (κ3) is 2.77. The van der Waals surface area contributed by atoms with Crippen molar-refractivity contribution in [2.75, 3.05) is 10.7 Å². The van der Waals surface area contributed by atoms with E-state index in [0.29, 0.717) is 5.69 Å². The maximum Gasteiger partial charge on any atom is 0.409 e. The molecule has 1 heterocycles. The van der Waals surface area contributed by atoms with Gasteiger partial charge in [-0.3, -0.25) is 15.1 Å². The lowest BCUT2D eigenvalue weighted by atomic mass is 10.00. The molecule has 7 heteroatoms. The van der Waals surface area contributed by atoms with Gasteiger partial charge in [-0.15, -0.1) is 0 Å². The SMILES string of the molecule is CC(C)c1ccc(OC(N)=O)cc1N1C(=N)SCC1=O. The summed E-state index contributed by atoms with van der Waals surface area (Å²) < 4.78 is 4.84. The minimum atomic E-state index is -0.912. The summed E-state index contributed by atoms with van der Waals surface area (Å²) in [5.41, 5.74) is 6.47. The van der Waals surface area contributed by atoms with E-state index >= 15 is 0 Å². The Balaban J connectivity index is 2.49. The molecule has 0 atom stereocenters. The van der Waals surface area contributed by atoms with Crippen molar-refractivity contribution in [3.05, 3.63) is 23.8 Å². The maximum absolute atomic E-state index is 11.9. The number of nitrogens with zero attached hydrogens (tertiary/aromatic N) is 1. The van der Waals surface area contributed by atoms with Crippen LogP contribution in [0.5, 0.6) is 5.75 Å². The van der Waals surface area contributed by atoms with Crippen LogP contribution >= 0.6 is 11.8 Å². The van der Waals surface area contributed by atoms with Crippen LogP contribution in [0.25, 0.3) is 0 Å². The van der Waals surface area contributed by atoms with E-state index in [1.807, 2.05) is 13.8 Å². The predicted molar refractivity (Wildman–Crippen MR) is 78.4 cm³/mol. The first-order valence-corrected chi connectivity index (χ1v) is 7.04. The number of nitrogens with one attached hydrogen (secondary N) is 1. The van der Waals surface area contributed by atoms with E-state index in [0.717, 1.165) is 5.56 Å². The molecule has 2 amide bonds. The van der Waals surface area contributed by atoms with Crippen molar-refractivity contribution >= 4 is 34.6 Å². The smallest absolute Gasteiger partial charge is 0.409 e. The van der Waals surface area contributed by atoms with Gasteiger partial charge in [-0.25, -0.2) is 4.79 Å². The fraction of sp³-hybridized carbons (Fsp3) is 0.308. The molecule has 0 spiro atoms. The predicted octanol–water partition coefficient (Wildman–Crippen LogP) is 2.28. The van der Waals surface area contributed by atoms with Crippen LogP contribution in [0, 0.1) is 5.41 Å². The number of rotatable bonds is 3. The summed E-state index contributed by atoms with van der Waals surface area (Å²) in [5, 5.41) is 8.03. The maximum atomic E-state index is 11.9. The number of hydrogen-bond donors (Lipinski definition) is 2. The lowest BCUT2D eigenvalue weighted by Gasteiger charge is -2.21. The van der Waals surface area contributed by atoms with Gasteiger partial charge in [0.2, 0.25) is 5.91 Å². The van der Waals surface area contributed by atoms with Gasteiger partial charge < -0.3 is 10.5 Å². The highest BCUT2D eigenvalue weighted by molar-refractivity contribution is 8.15. The first kappa shape index (κ1) is 14.4. The van der Waals surface area contributed by atoms with E-state index in [1.165, 1.54) is 16.7 Å². The summed E-state index contributed by atoms with van der Waals surface area (Å²) in [6.45, 7) is 3.98. The van der Waals surface area contributed by atoms with E-state index in [9.17, 15) is 9.59 Å².